The first-order chi connectivity index (χ1) is 9.27. The predicted molar refractivity (Wildman–Crippen MR) is 75.8 cm³/mol. The Morgan fingerprint density at radius 2 is 1.53 bits per heavy atom. The van der Waals surface area contributed by atoms with Crippen molar-refractivity contribution in [3.8, 4) is 17.1 Å². The van der Waals surface area contributed by atoms with E-state index in [1.807, 2.05) is 64.8 Å². The van der Waals surface area contributed by atoms with Gasteiger partial charge in [-0.2, -0.15) is 0 Å². The molecule has 94 valence electrons. The molecule has 0 radical (unpaired) electrons. The van der Waals surface area contributed by atoms with Crippen LogP contribution in [0.25, 0.3) is 17.1 Å². The van der Waals surface area contributed by atoms with Crippen LogP contribution in [0.15, 0.2) is 65.8 Å². The molecule has 0 atom stereocenters. The molecule has 19 heavy (non-hydrogen) atoms. The maximum atomic E-state index is 5.29. The average molecular weight is 267 g/mol. The Labute approximate surface area is 117 Å². The number of hydrogen-bond acceptors (Lipinski definition) is 2. The lowest BCUT2D eigenvalue weighted by Crippen LogP contribution is -2.32. The van der Waals surface area contributed by atoms with Crippen LogP contribution in [-0.4, -0.2) is 9.78 Å². The fourth-order valence-electron chi connectivity index (χ4n) is 2.09. The summed E-state index contributed by atoms with van der Waals surface area (Å²) in [6, 6.07) is 20.2. The molecular weight excluding hydrogens is 254 g/mol. The second-order valence-electron chi connectivity index (χ2n) is 4.28. The van der Waals surface area contributed by atoms with Gasteiger partial charge in [0.2, 0.25) is 0 Å². The molecule has 3 nitrogen and oxygen atoms in total. The topological polar surface area (TPSA) is 21.7 Å². The van der Waals surface area contributed by atoms with Crippen molar-refractivity contribution in [2.24, 2.45) is 7.05 Å². The smallest absolute Gasteiger partial charge is 0.272 e. The molecule has 0 N–H and O–H groups in total. The summed E-state index contributed by atoms with van der Waals surface area (Å²) < 4.78 is 3.81. The Morgan fingerprint density at radius 3 is 2.16 bits per heavy atom. The normalized spacial score (nSPS) is 10.6. The molecule has 0 bridgehead atoms. The second-order valence-corrected chi connectivity index (χ2v) is 4.64. The van der Waals surface area contributed by atoms with E-state index in [0.29, 0.717) is 5.16 Å². The zero-order valence-electron chi connectivity index (χ0n) is 10.5. The van der Waals surface area contributed by atoms with E-state index in [1.165, 1.54) is 0 Å². The lowest BCUT2D eigenvalue weighted by Gasteiger charge is -2.02. The summed E-state index contributed by atoms with van der Waals surface area (Å²) >= 11 is 5.29. The van der Waals surface area contributed by atoms with Crippen LogP contribution in [0.4, 0.5) is 0 Å². The van der Waals surface area contributed by atoms with Crippen molar-refractivity contribution in [3.63, 3.8) is 0 Å². The molecule has 1 heterocycles. The van der Waals surface area contributed by atoms with Crippen LogP contribution < -0.4 is 4.57 Å². The van der Waals surface area contributed by atoms with Gasteiger partial charge in [-0.15, -0.1) is 0 Å². The monoisotopic (exact) mass is 267 g/mol. The van der Waals surface area contributed by atoms with Gasteiger partial charge in [-0.3, -0.25) is 0 Å². The van der Waals surface area contributed by atoms with Crippen molar-refractivity contribution in [1.82, 2.24) is 9.78 Å². The number of benzene rings is 2. The van der Waals surface area contributed by atoms with Gasteiger partial charge >= 0.3 is 0 Å². The van der Waals surface area contributed by atoms with E-state index < -0.39 is 0 Å². The standard InChI is InChI=1S/C15H13N3S/c1-17-14(12-8-4-2-5-9-12)18(16-15(17)19)13-10-6-3-7-11-13/h2-11H,1H3. The minimum Gasteiger partial charge on any atom is -0.703 e. The number of nitrogens with zero attached hydrogens (tertiary/aromatic N) is 3. The van der Waals surface area contributed by atoms with Crippen molar-refractivity contribution in [3.05, 3.63) is 60.7 Å². The van der Waals surface area contributed by atoms with Crippen LogP contribution >= 0.6 is 0 Å². The molecule has 0 aliphatic carbocycles. The van der Waals surface area contributed by atoms with E-state index in [2.05, 4.69) is 17.2 Å². The van der Waals surface area contributed by atoms with E-state index in [1.54, 1.807) is 0 Å². The molecule has 0 aliphatic heterocycles. The van der Waals surface area contributed by atoms with Gasteiger partial charge in [0.1, 0.15) is 5.69 Å². The predicted octanol–water partition coefficient (Wildman–Crippen LogP) is 2.27. The maximum absolute atomic E-state index is 5.29. The van der Waals surface area contributed by atoms with Crippen molar-refractivity contribution in [2.45, 2.75) is 5.16 Å². The highest BCUT2D eigenvalue weighted by Crippen LogP contribution is 2.19. The first kappa shape index (κ1) is 11.9. The average Bonchev–Trinajstić information content (AvgIpc) is 2.77. The largest absolute Gasteiger partial charge is 0.703 e. The number of rotatable bonds is 2. The highest BCUT2D eigenvalue weighted by molar-refractivity contribution is 7.58. The molecule has 4 heteroatoms. The van der Waals surface area contributed by atoms with Gasteiger partial charge < -0.3 is 12.6 Å². The Bertz CT molecular complexity index is 690. The molecule has 2 aromatic carbocycles. The number of hydrogen-bond donors (Lipinski definition) is 0. The van der Waals surface area contributed by atoms with Crippen LogP contribution in [0.5, 0.6) is 0 Å². The van der Waals surface area contributed by atoms with Gasteiger partial charge in [0.25, 0.3) is 5.82 Å². The summed E-state index contributed by atoms with van der Waals surface area (Å²) in [6.45, 7) is 0. The zero-order valence-corrected chi connectivity index (χ0v) is 11.3. The van der Waals surface area contributed by atoms with E-state index in [9.17, 15) is 0 Å². The van der Waals surface area contributed by atoms with Crippen molar-refractivity contribution >= 4 is 12.6 Å². The van der Waals surface area contributed by atoms with E-state index in [4.69, 9.17) is 12.6 Å². The third-order valence-electron chi connectivity index (χ3n) is 3.02. The van der Waals surface area contributed by atoms with Gasteiger partial charge in [0.05, 0.1) is 12.6 Å². The third-order valence-corrected chi connectivity index (χ3v) is 3.38. The number of para-hydroxylation sites is 1. The highest BCUT2D eigenvalue weighted by Gasteiger charge is 2.20. The molecular formula is C15H13N3S. The zero-order chi connectivity index (χ0) is 13.2. The van der Waals surface area contributed by atoms with Crippen molar-refractivity contribution in [2.75, 3.05) is 0 Å². The quantitative estimate of drug-likeness (QED) is 0.525. The Balaban J connectivity index is 2.25. The SMILES string of the molecule is C[n+]1c([S-])nn(-c2ccccc2)c1-c1ccccc1. The highest BCUT2D eigenvalue weighted by atomic mass is 32.1. The Morgan fingerprint density at radius 1 is 0.947 bits per heavy atom. The number of aromatic nitrogens is 3. The minimum atomic E-state index is 0.572. The van der Waals surface area contributed by atoms with Gasteiger partial charge in [-0.1, -0.05) is 41.1 Å². The van der Waals surface area contributed by atoms with E-state index >= 15 is 0 Å². The summed E-state index contributed by atoms with van der Waals surface area (Å²) in [5.41, 5.74) is 2.10. The summed E-state index contributed by atoms with van der Waals surface area (Å²) in [5, 5.41) is 5.02. The Kier molecular flexibility index (Phi) is 3.01. The summed E-state index contributed by atoms with van der Waals surface area (Å²) in [6.07, 6.45) is 0. The lowest BCUT2D eigenvalue weighted by molar-refractivity contribution is -0.698. The van der Waals surface area contributed by atoms with E-state index in [0.717, 1.165) is 17.1 Å². The summed E-state index contributed by atoms with van der Waals surface area (Å²) in [7, 11) is 1.94. The van der Waals surface area contributed by atoms with Crippen molar-refractivity contribution in [1.29, 1.82) is 0 Å². The molecule has 0 spiro atoms. The van der Waals surface area contributed by atoms with Crippen LogP contribution in [0.3, 0.4) is 0 Å². The van der Waals surface area contributed by atoms with Gasteiger partial charge in [-0.05, 0) is 24.3 Å². The Hall–Kier alpha value is -2.20. The molecule has 0 unspecified atom stereocenters. The molecule has 0 saturated heterocycles. The van der Waals surface area contributed by atoms with Crippen LogP contribution in [-0.2, 0) is 19.7 Å². The summed E-state index contributed by atoms with van der Waals surface area (Å²) in [5.74, 6) is 0.983. The maximum Gasteiger partial charge on any atom is 0.272 e. The molecule has 1 aromatic heterocycles. The van der Waals surface area contributed by atoms with Crippen LogP contribution in [0.2, 0.25) is 0 Å². The molecule has 0 aliphatic rings. The fourth-order valence-corrected chi connectivity index (χ4v) is 2.25. The molecule has 0 fully saturated rings. The summed E-state index contributed by atoms with van der Waals surface area (Å²) in [4.78, 5) is 0. The van der Waals surface area contributed by atoms with E-state index in [-0.39, 0.29) is 0 Å². The minimum absolute atomic E-state index is 0.572. The van der Waals surface area contributed by atoms with Crippen molar-refractivity contribution < 1.29 is 4.57 Å². The lowest BCUT2D eigenvalue weighted by atomic mass is 10.2. The van der Waals surface area contributed by atoms with Crippen LogP contribution in [0, 0.1) is 0 Å². The third kappa shape index (κ3) is 2.11. The molecule has 0 saturated carbocycles. The molecule has 3 aromatic rings. The first-order valence-corrected chi connectivity index (χ1v) is 6.45. The van der Waals surface area contributed by atoms with Gasteiger partial charge in [0.15, 0.2) is 5.16 Å². The second kappa shape index (κ2) is 4.82. The molecule has 0 amide bonds. The fraction of sp³-hybridized carbons (Fsp3) is 0.0667. The van der Waals surface area contributed by atoms with Gasteiger partial charge in [-0.25, -0.2) is 4.57 Å². The molecule has 3 rings (SSSR count). The first-order valence-electron chi connectivity index (χ1n) is 6.04. The van der Waals surface area contributed by atoms with Crippen LogP contribution in [0.1, 0.15) is 0 Å². The van der Waals surface area contributed by atoms with Gasteiger partial charge in [0, 0.05) is 5.10 Å².